The Bertz CT molecular complexity index is 720. The van der Waals surface area contributed by atoms with Crippen LogP contribution in [0.3, 0.4) is 0 Å². The van der Waals surface area contributed by atoms with E-state index in [2.05, 4.69) is 10.3 Å². The molecule has 1 aromatic carbocycles. The van der Waals surface area contributed by atoms with Gasteiger partial charge in [-0.2, -0.15) is 0 Å². The molecule has 1 saturated carbocycles. The van der Waals surface area contributed by atoms with Gasteiger partial charge in [-0.15, -0.1) is 0 Å². The van der Waals surface area contributed by atoms with Crippen molar-refractivity contribution in [1.29, 1.82) is 0 Å². The molecule has 0 aliphatic heterocycles. The molecular formula is C15H14FN3O2. The second-order valence-electron chi connectivity index (χ2n) is 5.09. The van der Waals surface area contributed by atoms with Gasteiger partial charge < -0.3 is 5.32 Å². The standard InChI is InChI=1S/C15H14FN3O2/c16-11-3-1-10(2-4-11)13-7-15(21)19(9-17-13)8-14(20)18-12-5-6-12/h1-4,7,9,12H,5-6,8H2,(H,18,20). The van der Waals surface area contributed by atoms with Crippen LogP contribution in [-0.4, -0.2) is 21.5 Å². The lowest BCUT2D eigenvalue weighted by Crippen LogP contribution is -2.33. The van der Waals surface area contributed by atoms with Crippen molar-refractivity contribution in [2.45, 2.75) is 25.4 Å². The van der Waals surface area contributed by atoms with Gasteiger partial charge in [0, 0.05) is 17.7 Å². The van der Waals surface area contributed by atoms with Crippen LogP contribution in [0.2, 0.25) is 0 Å². The zero-order valence-corrected chi connectivity index (χ0v) is 11.3. The van der Waals surface area contributed by atoms with E-state index in [-0.39, 0.29) is 29.9 Å². The van der Waals surface area contributed by atoms with E-state index in [9.17, 15) is 14.0 Å². The second kappa shape index (κ2) is 5.47. The molecule has 1 aliphatic rings. The highest BCUT2D eigenvalue weighted by Gasteiger charge is 2.23. The van der Waals surface area contributed by atoms with Gasteiger partial charge in [-0.1, -0.05) is 0 Å². The molecule has 0 atom stereocenters. The predicted octanol–water partition coefficient (Wildman–Crippen LogP) is 1.33. The molecule has 1 aliphatic carbocycles. The molecule has 0 radical (unpaired) electrons. The van der Waals surface area contributed by atoms with E-state index >= 15 is 0 Å². The highest BCUT2D eigenvalue weighted by Crippen LogP contribution is 2.18. The fourth-order valence-corrected chi connectivity index (χ4v) is 1.98. The van der Waals surface area contributed by atoms with Gasteiger partial charge in [-0.25, -0.2) is 9.37 Å². The average molecular weight is 287 g/mol. The number of carbonyl (C=O) groups excluding carboxylic acids is 1. The van der Waals surface area contributed by atoms with E-state index in [0.29, 0.717) is 11.3 Å². The van der Waals surface area contributed by atoms with Crippen LogP contribution in [0.15, 0.2) is 41.5 Å². The van der Waals surface area contributed by atoms with Crippen molar-refractivity contribution in [1.82, 2.24) is 14.9 Å². The molecule has 2 aromatic rings. The fourth-order valence-electron chi connectivity index (χ4n) is 1.98. The zero-order chi connectivity index (χ0) is 14.8. The van der Waals surface area contributed by atoms with Gasteiger partial charge in [0.15, 0.2) is 0 Å². The molecule has 0 bridgehead atoms. The van der Waals surface area contributed by atoms with Crippen molar-refractivity contribution in [2.75, 3.05) is 0 Å². The first-order valence-electron chi connectivity index (χ1n) is 6.73. The largest absolute Gasteiger partial charge is 0.352 e. The summed E-state index contributed by atoms with van der Waals surface area (Å²) in [6, 6.07) is 7.34. The first-order valence-corrected chi connectivity index (χ1v) is 6.73. The summed E-state index contributed by atoms with van der Waals surface area (Å²) in [5.74, 6) is -0.528. The molecule has 1 aromatic heterocycles. The van der Waals surface area contributed by atoms with E-state index in [1.54, 1.807) is 12.1 Å². The Kier molecular flexibility index (Phi) is 3.51. The zero-order valence-electron chi connectivity index (χ0n) is 11.3. The molecule has 108 valence electrons. The monoisotopic (exact) mass is 287 g/mol. The topological polar surface area (TPSA) is 64.0 Å². The summed E-state index contributed by atoms with van der Waals surface area (Å²) >= 11 is 0. The fraction of sp³-hybridized carbons (Fsp3) is 0.267. The molecule has 6 heteroatoms. The highest BCUT2D eigenvalue weighted by atomic mass is 19.1. The third-order valence-corrected chi connectivity index (χ3v) is 3.28. The molecular weight excluding hydrogens is 273 g/mol. The Balaban J connectivity index is 1.77. The number of benzene rings is 1. The van der Waals surface area contributed by atoms with Gasteiger partial charge in [-0.3, -0.25) is 14.2 Å². The Morgan fingerprint density at radius 2 is 2.05 bits per heavy atom. The lowest BCUT2D eigenvalue weighted by atomic mass is 10.1. The average Bonchev–Trinajstić information content (AvgIpc) is 3.26. The van der Waals surface area contributed by atoms with E-state index in [0.717, 1.165) is 12.8 Å². The maximum Gasteiger partial charge on any atom is 0.254 e. The van der Waals surface area contributed by atoms with Gasteiger partial charge >= 0.3 is 0 Å². The molecule has 1 heterocycles. The minimum Gasteiger partial charge on any atom is -0.352 e. The number of hydrogen-bond donors (Lipinski definition) is 1. The molecule has 0 unspecified atom stereocenters. The molecule has 1 N–H and O–H groups in total. The third-order valence-electron chi connectivity index (χ3n) is 3.28. The molecule has 1 amide bonds. The quantitative estimate of drug-likeness (QED) is 0.922. The van der Waals surface area contributed by atoms with Crippen LogP contribution in [0.1, 0.15) is 12.8 Å². The maximum atomic E-state index is 12.9. The summed E-state index contributed by atoms with van der Waals surface area (Å²) in [4.78, 5) is 27.8. The van der Waals surface area contributed by atoms with Crippen LogP contribution < -0.4 is 10.9 Å². The number of amides is 1. The summed E-state index contributed by atoms with van der Waals surface area (Å²) in [6.07, 6.45) is 3.35. The van der Waals surface area contributed by atoms with Crippen LogP contribution >= 0.6 is 0 Å². The molecule has 0 saturated heterocycles. The molecule has 1 fully saturated rings. The molecule has 0 spiro atoms. The SMILES string of the molecule is O=C(Cn1cnc(-c2ccc(F)cc2)cc1=O)NC1CC1. The van der Waals surface area contributed by atoms with Crippen LogP contribution in [-0.2, 0) is 11.3 Å². The predicted molar refractivity (Wildman–Crippen MR) is 75.1 cm³/mol. The van der Waals surface area contributed by atoms with Gasteiger partial charge in [-0.05, 0) is 37.1 Å². The smallest absolute Gasteiger partial charge is 0.254 e. The van der Waals surface area contributed by atoms with Crippen molar-refractivity contribution in [3.8, 4) is 11.3 Å². The van der Waals surface area contributed by atoms with Crippen molar-refractivity contribution < 1.29 is 9.18 Å². The maximum absolute atomic E-state index is 12.9. The third kappa shape index (κ3) is 3.34. The Morgan fingerprint density at radius 3 is 2.67 bits per heavy atom. The lowest BCUT2D eigenvalue weighted by Gasteiger charge is -2.07. The van der Waals surface area contributed by atoms with E-state index in [1.165, 1.54) is 29.1 Å². The van der Waals surface area contributed by atoms with Gasteiger partial charge in [0.2, 0.25) is 5.91 Å². The molecule has 5 nitrogen and oxygen atoms in total. The minimum absolute atomic E-state index is 0.0357. The van der Waals surface area contributed by atoms with Crippen molar-refractivity contribution in [3.63, 3.8) is 0 Å². The summed E-state index contributed by atoms with van der Waals surface area (Å²) in [5, 5.41) is 2.81. The number of nitrogens with zero attached hydrogens (tertiary/aromatic N) is 2. The van der Waals surface area contributed by atoms with Crippen molar-refractivity contribution in [2.24, 2.45) is 0 Å². The lowest BCUT2D eigenvalue weighted by molar-refractivity contribution is -0.121. The second-order valence-corrected chi connectivity index (χ2v) is 5.09. The van der Waals surface area contributed by atoms with Crippen LogP contribution in [0.25, 0.3) is 11.3 Å². The minimum atomic E-state index is -0.344. The normalized spacial score (nSPS) is 14.0. The van der Waals surface area contributed by atoms with Gasteiger partial charge in [0.05, 0.1) is 12.0 Å². The Morgan fingerprint density at radius 1 is 1.33 bits per heavy atom. The summed E-state index contributed by atoms with van der Waals surface area (Å²) in [5.41, 5.74) is 0.803. The highest BCUT2D eigenvalue weighted by molar-refractivity contribution is 5.76. The first kappa shape index (κ1) is 13.5. The summed E-state index contributed by atoms with van der Waals surface area (Å²) in [7, 11) is 0. The Labute approximate surface area is 120 Å². The molecule has 3 rings (SSSR count). The van der Waals surface area contributed by atoms with E-state index < -0.39 is 0 Å². The van der Waals surface area contributed by atoms with E-state index in [4.69, 9.17) is 0 Å². The number of hydrogen-bond acceptors (Lipinski definition) is 3. The number of halogens is 1. The van der Waals surface area contributed by atoms with Crippen LogP contribution in [0, 0.1) is 5.82 Å². The Hall–Kier alpha value is -2.50. The molecule has 21 heavy (non-hydrogen) atoms. The van der Waals surface area contributed by atoms with Crippen molar-refractivity contribution in [3.05, 3.63) is 52.8 Å². The van der Waals surface area contributed by atoms with Gasteiger partial charge in [0.1, 0.15) is 12.4 Å². The summed E-state index contributed by atoms with van der Waals surface area (Å²) in [6.45, 7) is -0.0357. The first-order chi connectivity index (χ1) is 10.1. The number of nitrogens with one attached hydrogen (secondary N) is 1. The summed E-state index contributed by atoms with van der Waals surface area (Å²) < 4.78 is 14.1. The number of aromatic nitrogens is 2. The number of carbonyl (C=O) groups is 1. The number of rotatable bonds is 4. The van der Waals surface area contributed by atoms with E-state index in [1.807, 2.05) is 0 Å². The van der Waals surface area contributed by atoms with Crippen molar-refractivity contribution >= 4 is 5.91 Å². The van der Waals surface area contributed by atoms with Crippen LogP contribution in [0.5, 0.6) is 0 Å². The van der Waals surface area contributed by atoms with Crippen LogP contribution in [0.4, 0.5) is 4.39 Å². The van der Waals surface area contributed by atoms with Gasteiger partial charge in [0.25, 0.3) is 5.56 Å².